The summed E-state index contributed by atoms with van der Waals surface area (Å²) in [5.41, 5.74) is 1.30. The summed E-state index contributed by atoms with van der Waals surface area (Å²) in [4.78, 5) is 27.2. The number of hydrogen-bond donors (Lipinski definition) is 0. The zero-order valence-electron chi connectivity index (χ0n) is 18.7. The van der Waals surface area contributed by atoms with Gasteiger partial charge in [0.15, 0.2) is 17.2 Å². The number of nitro benzene ring substituents is 1. The van der Waals surface area contributed by atoms with Crippen molar-refractivity contribution in [1.82, 2.24) is 0 Å². The minimum absolute atomic E-state index is 0.0176. The molecule has 0 aromatic heterocycles. The number of aliphatic imine (C=N–C) groups is 1. The van der Waals surface area contributed by atoms with Gasteiger partial charge in [-0.15, -0.1) is 0 Å². The Morgan fingerprint density at radius 2 is 1.78 bits per heavy atom. The molecule has 0 fully saturated rings. The van der Waals surface area contributed by atoms with Crippen LogP contribution in [0.2, 0.25) is 15.1 Å². The highest BCUT2D eigenvalue weighted by molar-refractivity contribution is 6.33. The Morgan fingerprint density at radius 3 is 2.47 bits per heavy atom. The number of carbonyl (C=O) groups is 1. The summed E-state index contributed by atoms with van der Waals surface area (Å²) in [5, 5.41) is 12.0. The van der Waals surface area contributed by atoms with E-state index in [9.17, 15) is 14.9 Å². The number of benzene rings is 3. The minimum atomic E-state index is -0.722. The van der Waals surface area contributed by atoms with Crippen LogP contribution in [0.1, 0.15) is 23.6 Å². The summed E-state index contributed by atoms with van der Waals surface area (Å²) in [6, 6.07) is 14.5. The second-order valence-electron chi connectivity index (χ2n) is 7.44. The van der Waals surface area contributed by atoms with Crippen LogP contribution in [0, 0.1) is 10.1 Å². The Labute approximate surface area is 220 Å². The molecule has 0 unspecified atom stereocenters. The van der Waals surface area contributed by atoms with Crippen LogP contribution in [0.5, 0.6) is 11.5 Å². The molecular formula is C25H17Cl3N2O6. The molecule has 0 bridgehead atoms. The lowest BCUT2D eigenvalue weighted by atomic mass is 10.1. The van der Waals surface area contributed by atoms with E-state index in [1.807, 2.05) is 19.1 Å². The van der Waals surface area contributed by atoms with Gasteiger partial charge in [0.05, 0.1) is 16.6 Å². The molecule has 1 heterocycles. The maximum Gasteiger partial charge on any atom is 0.363 e. The molecule has 1 aliphatic rings. The van der Waals surface area contributed by atoms with Crippen LogP contribution in [0.3, 0.4) is 0 Å². The van der Waals surface area contributed by atoms with Gasteiger partial charge < -0.3 is 14.2 Å². The molecule has 4 rings (SSSR count). The fourth-order valence-electron chi connectivity index (χ4n) is 3.29. The number of ether oxygens (including phenoxy) is 3. The molecule has 0 spiro atoms. The second-order valence-corrected chi connectivity index (χ2v) is 8.69. The van der Waals surface area contributed by atoms with E-state index in [1.165, 1.54) is 24.3 Å². The molecule has 8 nitrogen and oxygen atoms in total. The number of carbonyl (C=O) groups excluding carboxylic acids is 1. The van der Waals surface area contributed by atoms with Gasteiger partial charge in [0.1, 0.15) is 11.6 Å². The molecule has 0 atom stereocenters. The molecule has 0 N–H and O–H groups in total. The average Bonchev–Trinajstić information content (AvgIpc) is 3.20. The minimum Gasteiger partial charge on any atom is -0.490 e. The fraction of sp³-hybridized carbons (Fsp3) is 0.120. The van der Waals surface area contributed by atoms with Gasteiger partial charge >= 0.3 is 5.97 Å². The molecule has 3 aromatic rings. The van der Waals surface area contributed by atoms with E-state index in [4.69, 9.17) is 49.0 Å². The van der Waals surface area contributed by atoms with E-state index < -0.39 is 10.9 Å². The van der Waals surface area contributed by atoms with Crippen LogP contribution in [0.15, 0.2) is 65.3 Å². The van der Waals surface area contributed by atoms with E-state index >= 15 is 0 Å². The molecule has 36 heavy (non-hydrogen) atoms. The van der Waals surface area contributed by atoms with Gasteiger partial charge in [0.25, 0.3) is 5.69 Å². The number of nitro groups is 1. The van der Waals surface area contributed by atoms with Gasteiger partial charge in [0, 0.05) is 16.7 Å². The zero-order valence-corrected chi connectivity index (χ0v) is 20.9. The molecule has 0 radical (unpaired) electrons. The van der Waals surface area contributed by atoms with E-state index in [0.717, 1.165) is 5.56 Å². The van der Waals surface area contributed by atoms with Crippen molar-refractivity contribution in [3.8, 4) is 11.5 Å². The van der Waals surface area contributed by atoms with Crippen LogP contribution in [0.4, 0.5) is 5.69 Å². The largest absolute Gasteiger partial charge is 0.490 e. The summed E-state index contributed by atoms with van der Waals surface area (Å²) in [5.74, 6) is -0.0678. The maximum atomic E-state index is 12.4. The molecule has 3 aromatic carbocycles. The standard InChI is InChI=1S/C25H17Cl3N2O6/c1-2-34-22-11-15(9-19(28)23(22)35-13-14-3-6-17(26)7-4-14)10-20-25(31)36-24(29-20)16-5-8-18(27)21(12-16)30(32)33/h3-12H,2,13H2,1H3/b20-10-. The number of rotatable bonds is 8. The number of hydrogen-bond acceptors (Lipinski definition) is 7. The van der Waals surface area contributed by atoms with Gasteiger partial charge in [-0.25, -0.2) is 9.79 Å². The van der Waals surface area contributed by atoms with Crippen molar-refractivity contribution < 1.29 is 23.9 Å². The molecule has 1 aliphatic heterocycles. The third kappa shape index (κ3) is 5.79. The normalized spacial score (nSPS) is 13.9. The van der Waals surface area contributed by atoms with Gasteiger partial charge in [-0.3, -0.25) is 10.1 Å². The molecule has 0 amide bonds. The Balaban J connectivity index is 1.62. The molecule has 0 aliphatic carbocycles. The van der Waals surface area contributed by atoms with Crippen molar-refractivity contribution in [2.45, 2.75) is 13.5 Å². The lowest BCUT2D eigenvalue weighted by Gasteiger charge is -2.14. The summed E-state index contributed by atoms with van der Waals surface area (Å²) in [7, 11) is 0. The van der Waals surface area contributed by atoms with Crippen molar-refractivity contribution in [2.75, 3.05) is 6.61 Å². The lowest BCUT2D eigenvalue weighted by molar-refractivity contribution is -0.384. The van der Waals surface area contributed by atoms with Crippen molar-refractivity contribution in [1.29, 1.82) is 0 Å². The third-order valence-corrected chi connectivity index (χ3v) is 5.79. The predicted molar refractivity (Wildman–Crippen MR) is 137 cm³/mol. The predicted octanol–water partition coefficient (Wildman–Crippen LogP) is 6.88. The number of nitrogens with zero attached hydrogens (tertiary/aromatic N) is 2. The van der Waals surface area contributed by atoms with Gasteiger partial charge in [-0.1, -0.05) is 46.9 Å². The Morgan fingerprint density at radius 1 is 1.03 bits per heavy atom. The molecule has 0 saturated heterocycles. The van der Waals surface area contributed by atoms with E-state index in [0.29, 0.717) is 28.7 Å². The summed E-state index contributed by atoms with van der Waals surface area (Å²) in [6.07, 6.45) is 1.47. The Kier molecular flexibility index (Phi) is 7.79. The van der Waals surface area contributed by atoms with Crippen molar-refractivity contribution >= 4 is 58.4 Å². The Hall–Kier alpha value is -3.59. The smallest absolute Gasteiger partial charge is 0.363 e. The average molecular weight is 548 g/mol. The van der Waals surface area contributed by atoms with Gasteiger partial charge in [-0.05, 0) is 60.5 Å². The fourth-order valence-corrected chi connectivity index (χ4v) is 3.87. The Bertz CT molecular complexity index is 1400. The van der Waals surface area contributed by atoms with E-state index in [1.54, 1.807) is 24.3 Å². The van der Waals surface area contributed by atoms with E-state index in [2.05, 4.69) is 4.99 Å². The van der Waals surface area contributed by atoms with E-state index in [-0.39, 0.29) is 39.5 Å². The van der Waals surface area contributed by atoms with Crippen LogP contribution in [0.25, 0.3) is 6.08 Å². The quantitative estimate of drug-likeness (QED) is 0.132. The summed E-state index contributed by atoms with van der Waals surface area (Å²) < 4.78 is 16.8. The van der Waals surface area contributed by atoms with Crippen molar-refractivity contribution in [3.63, 3.8) is 0 Å². The van der Waals surface area contributed by atoms with Crippen LogP contribution in [-0.4, -0.2) is 23.4 Å². The molecule has 184 valence electrons. The second kappa shape index (κ2) is 11.0. The van der Waals surface area contributed by atoms with Gasteiger partial charge in [0.2, 0.25) is 5.90 Å². The highest BCUT2D eigenvalue weighted by Crippen LogP contribution is 2.38. The first-order valence-electron chi connectivity index (χ1n) is 10.6. The summed E-state index contributed by atoms with van der Waals surface area (Å²) >= 11 is 18.3. The van der Waals surface area contributed by atoms with Crippen molar-refractivity contribution in [2.24, 2.45) is 4.99 Å². The number of cyclic esters (lactones) is 1. The van der Waals surface area contributed by atoms with Gasteiger partial charge in [-0.2, -0.15) is 0 Å². The molecule has 0 saturated carbocycles. The summed E-state index contributed by atoms with van der Waals surface area (Å²) in [6.45, 7) is 2.41. The maximum absolute atomic E-state index is 12.4. The van der Waals surface area contributed by atoms with Crippen LogP contribution in [-0.2, 0) is 16.1 Å². The number of esters is 1. The van der Waals surface area contributed by atoms with Crippen LogP contribution < -0.4 is 9.47 Å². The topological polar surface area (TPSA) is 100 Å². The SMILES string of the molecule is CCOc1cc(/C=C2\N=C(c3ccc(Cl)c([N+](=O)[O-])c3)OC2=O)cc(Cl)c1OCc1ccc(Cl)cc1. The molecular weight excluding hydrogens is 531 g/mol. The first-order chi connectivity index (χ1) is 17.2. The zero-order chi connectivity index (χ0) is 25.8. The number of halogens is 3. The highest BCUT2D eigenvalue weighted by atomic mass is 35.5. The molecule has 11 heteroatoms. The monoisotopic (exact) mass is 546 g/mol. The first kappa shape index (κ1) is 25.5. The van der Waals surface area contributed by atoms with Crippen molar-refractivity contribution in [3.05, 3.63) is 102 Å². The lowest BCUT2D eigenvalue weighted by Crippen LogP contribution is -2.06. The third-order valence-electron chi connectivity index (χ3n) is 4.94. The highest BCUT2D eigenvalue weighted by Gasteiger charge is 2.26. The van der Waals surface area contributed by atoms with Crippen LogP contribution >= 0.6 is 34.8 Å². The first-order valence-corrected chi connectivity index (χ1v) is 11.7.